The highest BCUT2D eigenvalue weighted by molar-refractivity contribution is 6.30. The number of rotatable bonds is 4. The van der Waals surface area contributed by atoms with Gasteiger partial charge in [-0.1, -0.05) is 11.6 Å². The number of anilines is 1. The Kier molecular flexibility index (Phi) is 4.57. The lowest BCUT2D eigenvalue weighted by molar-refractivity contribution is -0.384. The molecule has 0 radical (unpaired) electrons. The number of nitro groups is 1. The molecule has 1 aliphatic heterocycles. The maximum atomic E-state index is 11.1. The molecule has 0 N–H and O–H groups in total. The molecule has 0 aromatic carbocycles. The van der Waals surface area contributed by atoms with Crippen LogP contribution in [-0.2, 0) is 0 Å². The van der Waals surface area contributed by atoms with Crippen LogP contribution in [0.2, 0.25) is 5.02 Å². The fraction of sp³-hybridized carbons (Fsp3) is 0.333. The van der Waals surface area contributed by atoms with Crippen LogP contribution in [0.5, 0.6) is 5.75 Å². The Morgan fingerprint density at radius 2 is 2.13 bits per heavy atom. The van der Waals surface area contributed by atoms with Crippen LogP contribution < -0.4 is 9.64 Å². The summed E-state index contributed by atoms with van der Waals surface area (Å²) in [7, 11) is 0. The Bertz CT molecular complexity index is 705. The molecule has 3 heterocycles. The molecule has 7 nitrogen and oxygen atoms in total. The third-order valence-electron chi connectivity index (χ3n) is 3.69. The van der Waals surface area contributed by atoms with Gasteiger partial charge in [-0.25, -0.2) is 4.98 Å². The predicted molar refractivity (Wildman–Crippen MR) is 86.0 cm³/mol. The third kappa shape index (κ3) is 3.68. The van der Waals surface area contributed by atoms with Crippen molar-refractivity contribution in [3.05, 3.63) is 51.9 Å². The van der Waals surface area contributed by atoms with E-state index in [-0.39, 0.29) is 11.8 Å². The highest BCUT2D eigenvalue weighted by Gasteiger charge is 2.26. The fourth-order valence-corrected chi connectivity index (χ4v) is 2.77. The van der Waals surface area contributed by atoms with Gasteiger partial charge < -0.3 is 9.64 Å². The van der Waals surface area contributed by atoms with Gasteiger partial charge in [-0.2, -0.15) is 0 Å². The molecular formula is C15H15ClN4O3. The van der Waals surface area contributed by atoms with E-state index < -0.39 is 4.92 Å². The molecule has 0 unspecified atom stereocenters. The zero-order chi connectivity index (χ0) is 16.2. The van der Waals surface area contributed by atoms with E-state index in [4.69, 9.17) is 16.3 Å². The van der Waals surface area contributed by atoms with Crippen molar-refractivity contribution in [1.29, 1.82) is 0 Å². The zero-order valence-corrected chi connectivity index (χ0v) is 13.0. The maximum absolute atomic E-state index is 11.1. The quantitative estimate of drug-likeness (QED) is 0.631. The minimum Gasteiger partial charge on any atom is -0.489 e. The van der Waals surface area contributed by atoms with Gasteiger partial charge in [0.25, 0.3) is 0 Å². The number of halogens is 1. The number of pyridine rings is 2. The highest BCUT2D eigenvalue weighted by Crippen LogP contribution is 2.28. The Balaban J connectivity index is 1.64. The first kappa shape index (κ1) is 15.5. The second-order valence-electron chi connectivity index (χ2n) is 5.25. The number of nitrogens with zero attached hydrogens (tertiary/aromatic N) is 4. The molecule has 120 valence electrons. The monoisotopic (exact) mass is 334 g/mol. The summed E-state index contributed by atoms with van der Waals surface area (Å²) in [5.41, 5.74) is 0.0332. The summed E-state index contributed by atoms with van der Waals surface area (Å²) in [6.07, 6.45) is 6.29. The van der Waals surface area contributed by atoms with E-state index in [0.29, 0.717) is 29.7 Å². The SMILES string of the molecule is O=[N+]([O-])c1cccnc1N1CCC(Oc2cncc(Cl)c2)CC1. The summed E-state index contributed by atoms with van der Waals surface area (Å²) in [6, 6.07) is 4.77. The molecule has 3 rings (SSSR count). The minimum atomic E-state index is -0.400. The van der Waals surface area contributed by atoms with Crippen LogP contribution in [0.4, 0.5) is 11.5 Å². The summed E-state index contributed by atoms with van der Waals surface area (Å²) in [4.78, 5) is 20.8. The first-order valence-electron chi connectivity index (χ1n) is 7.25. The van der Waals surface area contributed by atoms with Gasteiger partial charge in [-0.15, -0.1) is 0 Å². The van der Waals surface area contributed by atoms with Crippen molar-refractivity contribution in [2.24, 2.45) is 0 Å². The Labute approximate surface area is 138 Å². The molecule has 1 aliphatic rings. The van der Waals surface area contributed by atoms with E-state index in [1.807, 2.05) is 4.90 Å². The van der Waals surface area contributed by atoms with E-state index in [0.717, 1.165) is 12.8 Å². The van der Waals surface area contributed by atoms with Gasteiger partial charge in [0.05, 0.1) is 16.1 Å². The first-order valence-corrected chi connectivity index (χ1v) is 7.63. The zero-order valence-electron chi connectivity index (χ0n) is 12.3. The second kappa shape index (κ2) is 6.78. The van der Waals surface area contributed by atoms with Gasteiger partial charge in [0.1, 0.15) is 11.9 Å². The average molecular weight is 335 g/mol. The van der Waals surface area contributed by atoms with Crippen molar-refractivity contribution in [2.75, 3.05) is 18.0 Å². The van der Waals surface area contributed by atoms with Crippen molar-refractivity contribution >= 4 is 23.1 Å². The molecule has 2 aromatic heterocycles. The number of hydrogen-bond acceptors (Lipinski definition) is 6. The lowest BCUT2D eigenvalue weighted by Gasteiger charge is -2.32. The molecule has 0 amide bonds. The fourth-order valence-electron chi connectivity index (χ4n) is 2.61. The summed E-state index contributed by atoms with van der Waals surface area (Å²) < 4.78 is 5.87. The Morgan fingerprint density at radius 3 is 2.83 bits per heavy atom. The lowest BCUT2D eigenvalue weighted by Crippen LogP contribution is -2.39. The summed E-state index contributed by atoms with van der Waals surface area (Å²) in [5, 5.41) is 11.6. The minimum absolute atomic E-state index is 0.0332. The van der Waals surface area contributed by atoms with Crippen LogP contribution in [-0.4, -0.2) is 34.1 Å². The first-order chi connectivity index (χ1) is 11.1. The third-order valence-corrected chi connectivity index (χ3v) is 3.89. The number of ether oxygens (including phenoxy) is 1. The van der Waals surface area contributed by atoms with Crippen molar-refractivity contribution in [3.8, 4) is 5.75 Å². The summed E-state index contributed by atoms with van der Waals surface area (Å²) in [6.45, 7) is 1.30. The second-order valence-corrected chi connectivity index (χ2v) is 5.68. The van der Waals surface area contributed by atoms with E-state index >= 15 is 0 Å². The summed E-state index contributed by atoms with van der Waals surface area (Å²) in [5.74, 6) is 1.06. The van der Waals surface area contributed by atoms with Crippen LogP contribution in [0.25, 0.3) is 0 Å². The van der Waals surface area contributed by atoms with E-state index in [1.54, 1.807) is 30.7 Å². The maximum Gasteiger partial charge on any atom is 0.311 e. The van der Waals surface area contributed by atoms with Crippen molar-refractivity contribution in [2.45, 2.75) is 18.9 Å². The van der Waals surface area contributed by atoms with Gasteiger partial charge in [0.2, 0.25) is 5.82 Å². The Hall–Kier alpha value is -2.41. The van der Waals surface area contributed by atoms with Gasteiger partial charge >= 0.3 is 5.69 Å². The molecular weight excluding hydrogens is 320 g/mol. The van der Waals surface area contributed by atoms with Gasteiger partial charge in [-0.05, 0) is 6.07 Å². The molecule has 1 saturated heterocycles. The van der Waals surface area contributed by atoms with E-state index in [2.05, 4.69) is 9.97 Å². The van der Waals surface area contributed by atoms with E-state index in [9.17, 15) is 10.1 Å². The molecule has 23 heavy (non-hydrogen) atoms. The molecule has 1 fully saturated rings. The molecule has 0 saturated carbocycles. The van der Waals surface area contributed by atoms with Crippen molar-refractivity contribution < 1.29 is 9.66 Å². The number of aromatic nitrogens is 2. The molecule has 0 atom stereocenters. The van der Waals surface area contributed by atoms with Gasteiger partial charge in [-0.3, -0.25) is 15.1 Å². The van der Waals surface area contributed by atoms with Crippen molar-refractivity contribution in [1.82, 2.24) is 9.97 Å². The predicted octanol–water partition coefficient (Wildman–Crippen LogP) is 3.09. The largest absolute Gasteiger partial charge is 0.489 e. The molecule has 0 aliphatic carbocycles. The molecule has 0 spiro atoms. The summed E-state index contributed by atoms with van der Waals surface area (Å²) >= 11 is 5.89. The number of hydrogen-bond donors (Lipinski definition) is 0. The van der Waals surface area contributed by atoms with Gasteiger partial charge in [0, 0.05) is 50.5 Å². The van der Waals surface area contributed by atoms with Crippen LogP contribution in [0, 0.1) is 10.1 Å². The molecule has 8 heteroatoms. The lowest BCUT2D eigenvalue weighted by atomic mass is 10.1. The molecule has 0 bridgehead atoms. The van der Waals surface area contributed by atoms with Crippen LogP contribution in [0.3, 0.4) is 0 Å². The topological polar surface area (TPSA) is 81.4 Å². The van der Waals surface area contributed by atoms with Crippen LogP contribution in [0.1, 0.15) is 12.8 Å². The highest BCUT2D eigenvalue weighted by atomic mass is 35.5. The smallest absolute Gasteiger partial charge is 0.311 e. The van der Waals surface area contributed by atoms with Crippen molar-refractivity contribution in [3.63, 3.8) is 0 Å². The standard InChI is InChI=1S/C15H15ClN4O3/c16-11-8-13(10-17-9-11)23-12-3-6-19(7-4-12)15-14(20(21)22)2-1-5-18-15/h1-2,5,8-10,12H,3-4,6-7H2. The van der Waals surface area contributed by atoms with Gasteiger partial charge in [0.15, 0.2) is 0 Å². The molecule has 2 aromatic rings. The van der Waals surface area contributed by atoms with Crippen LogP contribution in [0.15, 0.2) is 36.8 Å². The van der Waals surface area contributed by atoms with E-state index in [1.165, 1.54) is 6.07 Å². The van der Waals surface area contributed by atoms with Crippen LogP contribution >= 0.6 is 11.6 Å². The average Bonchev–Trinajstić information content (AvgIpc) is 2.55. The number of piperidine rings is 1. The normalized spacial score (nSPS) is 15.4. The Morgan fingerprint density at radius 1 is 1.35 bits per heavy atom.